The minimum Gasteiger partial charge on any atom is -0.495 e. The first-order valence-corrected chi connectivity index (χ1v) is 8.76. The second kappa shape index (κ2) is 7.82. The van der Waals surface area contributed by atoms with Gasteiger partial charge >= 0.3 is 0 Å². The summed E-state index contributed by atoms with van der Waals surface area (Å²) in [6.07, 6.45) is 6.54. The topological polar surface area (TPSA) is 43.6 Å². The summed E-state index contributed by atoms with van der Waals surface area (Å²) in [6, 6.07) is 15.7. The van der Waals surface area contributed by atoms with E-state index in [4.69, 9.17) is 11.2 Å². The Bertz CT molecular complexity index is 994. The number of methoxy groups -OCH3 is 1. The molecule has 0 radical (unpaired) electrons. The average Bonchev–Trinajstić information content (AvgIpc) is 2.98. The molecule has 0 bridgehead atoms. The Hall–Kier alpha value is -2.84. The van der Waals surface area contributed by atoms with E-state index < -0.39 is 0 Å². The molecule has 0 spiro atoms. The first-order valence-electron chi connectivity index (χ1n) is 7.94. The molecule has 0 unspecified atom stereocenters. The fourth-order valence-corrected chi connectivity index (χ4v) is 3.71. The van der Waals surface area contributed by atoms with Gasteiger partial charge in [-0.25, -0.2) is 0 Å². The van der Waals surface area contributed by atoms with Gasteiger partial charge in [-0.15, -0.1) is 6.42 Å². The smallest absolute Gasteiger partial charge is 0.248 e. The third kappa shape index (κ3) is 3.81. The van der Waals surface area contributed by atoms with E-state index in [1.165, 1.54) is 11.3 Å². The zero-order valence-corrected chi connectivity index (χ0v) is 14.8. The molecule has 126 valence electrons. The van der Waals surface area contributed by atoms with E-state index in [1.807, 2.05) is 53.1 Å². The van der Waals surface area contributed by atoms with Crippen molar-refractivity contribution in [1.29, 1.82) is 0 Å². The van der Waals surface area contributed by atoms with E-state index in [0.717, 1.165) is 21.5 Å². The highest BCUT2D eigenvalue weighted by molar-refractivity contribution is 7.16. The molecule has 0 saturated heterocycles. The van der Waals surface area contributed by atoms with Crippen LogP contribution < -0.4 is 9.54 Å². The van der Waals surface area contributed by atoms with Crippen LogP contribution in [-0.4, -0.2) is 17.6 Å². The molecule has 4 nitrogen and oxygen atoms in total. The molecular formula is C20H18N2O2S. The second-order valence-electron chi connectivity index (χ2n) is 5.47. The minimum absolute atomic E-state index is 0.153. The lowest BCUT2D eigenvalue weighted by Gasteiger charge is -2.05. The van der Waals surface area contributed by atoms with Gasteiger partial charge in [-0.2, -0.15) is 4.99 Å². The Kier molecular flexibility index (Phi) is 5.32. The first-order chi connectivity index (χ1) is 12.2. The molecule has 5 heteroatoms. The van der Waals surface area contributed by atoms with Crippen LogP contribution in [-0.2, 0) is 17.8 Å². The summed E-state index contributed by atoms with van der Waals surface area (Å²) in [7, 11) is 1.62. The molecule has 1 aromatic heterocycles. The number of aromatic nitrogens is 1. The van der Waals surface area contributed by atoms with Crippen molar-refractivity contribution in [3.63, 3.8) is 0 Å². The molecule has 0 aliphatic heterocycles. The predicted molar refractivity (Wildman–Crippen MR) is 101 cm³/mol. The molecule has 0 fully saturated rings. The molecule has 2 aromatic carbocycles. The van der Waals surface area contributed by atoms with Crippen LogP contribution in [0.3, 0.4) is 0 Å². The molecule has 3 aromatic rings. The summed E-state index contributed by atoms with van der Waals surface area (Å²) < 4.78 is 8.28. The summed E-state index contributed by atoms with van der Waals surface area (Å²) >= 11 is 1.44. The van der Waals surface area contributed by atoms with Crippen LogP contribution >= 0.6 is 11.3 Å². The first kappa shape index (κ1) is 17.0. The van der Waals surface area contributed by atoms with E-state index >= 15 is 0 Å². The maximum absolute atomic E-state index is 12.3. The largest absolute Gasteiger partial charge is 0.495 e. The van der Waals surface area contributed by atoms with Gasteiger partial charge in [0, 0.05) is 6.42 Å². The molecule has 3 rings (SSSR count). The van der Waals surface area contributed by atoms with Crippen molar-refractivity contribution in [3.05, 3.63) is 58.9 Å². The Morgan fingerprint density at radius 3 is 2.76 bits per heavy atom. The van der Waals surface area contributed by atoms with Gasteiger partial charge in [-0.1, -0.05) is 53.7 Å². The van der Waals surface area contributed by atoms with E-state index in [-0.39, 0.29) is 5.91 Å². The summed E-state index contributed by atoms with van der Waals surface area (Å²) in [6.45, 7) is 0.338. The Morgan fingerprint density at radius 1 is 1.24 bits per heavy atom. The molecule has 0 atom stereocenters. The lowest BCUT2D eigenvalue weighted by molar-refractivity contribution is -0.118. The van der Waals surface area contributed by atoms with Gasteiger partial charge < -0.3 is 9.30 Å². The number of rotatable bonds is 5. The number of amides is 1. The van der Waals surface area contributed by atoms with Crippen LogP contribution in [0.5, 0.6) is 5.75 Å². The molecule has 0 aliphatic rings. The molecule has 0 aliphatic carbocycles. The number of carbonyl (C=O) groups excluding carboxylic acids is 1. The fraction of sp³-hybridized carbons (Fsp3) is 0.200. The van der Waals surface area contributed by atoms with Crippen LogP contribution in [0, 0.1) is 12.3 Å². The molecule has 25 heavy (non-hydrogen) atoms. The number of thiazole rings is 1. The summed E-state index contributed by atoms with van der Waals surface area (Å²) in [5.74, 6) is 3.20. The Labute approximate surface area is 150 Å². The second-order valence-corrected chi connectivity index (χ2v) is 6.48. The minimum atomic E-state index is -0.153. The van der Waals surface area contributed by atoms with E-state index in [2.05, 4.69) is 10.9 Å². The van der Waals surface area contributed by atoms with Crippen molar-refractivity contribution in [2.75, 3.05) is 7.11 Å². The average molecular weight is 350 g/mol. The summed E-state index contributed by atoms with van der Waals surface area (Å²) in [4.78, 5) is 17.2. The highest BCUT2D eigenvalue weighted by Crippen LogP contribution is 2.27. The third-order valence-electron chi connectivity index (χ3n) is 3.82. The van der Waals surface area contributed by atoms with Crippen molar-refractivity contribution >= 4 is 27.5 Å². The molecule has 1 heterocycles. The van der Waals surface area contributed by atoms with Crippen molar-refractivity contribution in [2.24, 2.45) is 4.99 Å². The van der Waals surface area contributed by atoms with Gasteiger partial charge in [0.05, 0.1) is 18.4 Å². The quantitative estimate of drug-likeness (QED) is 0.662. The van der Waals surface area contributed by atoms with Gasteiger partial charge in [0.25, 0.3) is 0 Å². The van der Waals surface area contributed by atoms with E-state index in [9.17, 15) is 4.79 Å². The maximum Gasteiger partial charge on any atom is 0.248 e. The molecule has 1 amide bonds. The SMILES string of the molecule is C#CCn1c(=NC(=O)CCc2ccccc2)sc2cccc(OC)c21. The lowest BCUT2D eigenvalue weighted by Crippen LogP contribution is -2.17. The monoisotopic (exact) mass is 350 g/mol. The number of benzene rings is 2. The number of hydrogen-bond acceptors (Lipinski definition) is 3. The lowest BCUT2D eigenvalue weighted by atomic mass is 10.1. The van der Waals surface area contributed by atoms with Gasteiger partial charge in [-0.05, 0) is 24.1 Å². The van der Waals surface area contributed by atoms with Gasteiger partial charge in [0.2, 0.25) is 5.91 Å². The van der Waals surface area contributed by atoms with Crippen LogP contribution in [0.25, 0.3) is 10.2 Å². The number of nitrogens with zero attached hydrogens (tertiary/aromatic N) is 2. The van der Waals surface area contributed by atoms with E-state index in [1.54, 1.807) is 7.11 Å². The third-order valence-corrected chi connectivity index (χ3v) is 4.87. The number of carbonyl (C=O) groups is 1. The number of hydrogen-bond donors (Lipinski definition) is 0. The highest BCUT2D eigenvalue weighted by Gasteiger charge is 2.11. The number of aryl methyl sites for hydroxylation is 1. The molecule has 0 saturated carbocycles. The fourth-order valence-electron chi connectivity index (χ4n) is 2.64. The summed E-state index contributed by atoms with van der Waals surface area (Å²) in [5.41, 5.74) is 2.00. The number of terminal acetylenes is 1. The zero-order valence-electron chi connectivity index (χ0n) is 13.9. The van der Waals surface area contributed by atoms with Crippen LogP contribution in [0.2, 0.25) is 0 Å². The van der Waals surface area contributed by atoms with Crippen molar-refractivity contribution in [3.8, 4) is 18.1 Å². The van der Waals surface area contributed by atoms with Crippen molar-refractivity contribution < 1.29 is 9.53 Å². The van der Waals surface area contributed by atoms with Gasteiger partial charge in [0.15, 0.2) is 4.80 Å². The Morgan fingerprint density at radius 2 is 2.04 bits per heavy atom. The van der Waals surface area contributed by atoms with Crippen LogP contribution in [0.1, 0.15) is 12.0 Å². The highest BCUT2D eigenvalue weighted by atomic mass is 32.1. The number of ether oxygens (including phenoxy) is 1. The normalized spacial score (nSPS) is 11.4. The van der Waals surface area contributed by atoms with Crippen molar-refractivity contribution in [1.82, 2.24) is 4.57 Å². The molecule has 0 N–H and O–H groups in total. The van der Waals surface area contributed by atoms with Crippen LogP contribution in [0.4, 0.5) is 0 Å². The van der Waals surface area contributed by atoms with Gasteiger partial charge in [0.1, 0.15) is 11.3 Å². The zero-order chi connectivity index (χ0) is 17.6. The van der Waals surface area contributed by atoms with Crippen molar-refractivity contribution in [2.45, 2.75) is 19.4 Å². The predicted octanol–water partition coefficient (Wildman–Crippen LogP) is 3.40. The number of fused-ring (bicyclic) bond motifs is 1. The van der Waals surface area contributed by atoms with E-state index in [0.29, 0.717) is 24.2 Å². The Balaban J connectivity index is 1.94. The van der Waals surface area contributed by atoms with Crippen LogP contribution in [0.15, 0.2) is 53.5 Å². The summed E-state index contributed by atoms with van der Waals surface area (Å²) in [5, 5.41) is 0. The standard InChI is InChI=1S/C20H18N2O2S/c1-3-14-22-19-16(24-2)10-7-11-17(19)25-20(22)21-18(23)13-12-15-8-5-4-6-9-15/h1,4-11H,12-14H2,2H3. The molecular weight excluding hydrogens is 332 g/mol. The number of para-hydroxylation sites is 1. The van der Waals surface area contributed by atoms with Gasteiger partial charge in [-0.3, -0.25) is 4.79 Å². The maximum atomic E-state index is 12.3.